The van der Waals surface area contributed by atoms with Gasteiger partial charge >= 0.3 is 0 Å². The van der Waals surface area contributed by atoms with Gasteiger partial charge in [-0.3, -0.25) is 4.98 Å². The summed E-state index contributed by atoms with van der Waals surface area (Å²) in [5.41, 5.74) is 1.17. The average molecular weight is 368 g/mol. The molecule has 10 heteroatoms. The molecule has 0 fully saturated rings. The summed E-state index contributed by atoms with van der Waals surface area (Å²) in [7, 11) is -3.84. The van der Waals surface area contributed by atoms with Crippen LogP contribution in [-0.2, 0) is 16.6 Å². The van der Waals surface area contributed by atoms with E-state index in [2.05, 4.69) is 20.0 Å². The molecule has 7 nitrogen and oxygen atoms in total. The Morgan fingerprint density at radius 3 is 2.67 bits per heavy atom. The molecule has 1 aromatic carbocycles. The van der Waals surface area contributed by atoms with Gasteiger partial charge in [0.2, 0.25) is 10.0 Å². The fourth-order valence-electron chi connectivity index (χ4n) is 1.90. The van der Waals surface area contributed by atoms with Gasteiger partial charge in [0, 0.05) is 12.4 Å². The second-order valence-corrected chi connectivity index (χ2v) is 6.93. The summed E-state index contributed by atoms with van der Waals surface area (Å²) in [6.07, 6.45) is 4.81. The highest BCUT2D eigenvalue weighted by atomic mass is 35.5. The Morgan fingerprint density at radius 1 is 1.21 bits per heavy atom. The molecule has 0 saturated heterocycles. The zero-order valence-electron chi connectivity index (χ0n) is 12.1. The summed E-state index contributed by atoms with van der Waals surface area (Å²) >= 11 is 5.61. The van der Waals surface area contributed by atoms with Gasteiger partial charge in [0.15, 0.2) is 0 Å². The summed E-state index contributed by atoms with van der Waals surface area (Å²) in [4.78, 5) is 3.77. The summed E-state index contributed by atoms with van der Waals surface area (Å²) in [6, 6.07) is 6.66. The van der Waals surface area contributed by atoms with E-state index < -0.39 is 15.8 Å². The van der Waals surface area contributed by atoms with Gasteiger partial charge in [-0.2, -0.15) is 0 Å². The Balaban J connectivity index is 1.73. The van der Waals surface area contributed by atoms with Crippen molar-refractivity contribution in [2.75, 3.05) is 0 Å². The number of nitrogens with zero attached hydrogens (tertiary/aromatic N) is 4. The van der Waals surface area contributed by atoms with Gasteiger partial charge in [-0.15, -0.1) is 5.10 Å². The Hall–Kier alpha value is -2.36. The first-order chi connectivity index (χ1) is 11.5. The van der Waals surface area contributed by atoms with Crippen LogP contribution in [0.1, 0.15) is 5.69 Å². The molecule has 0 amide bonds. The zero-order chi connectivity index (χ0) is 17.2. The molecule has 0 radical (unpaired) electrons. The normalized spacial score (nSPS) is 11.6. The lowest BCUT2D eigenvalue weighted by Crippen LogP contribution is -2.23. The fourth-order valence-corrected chi connectivity index (χ4v) is 3.17. The molecule has 124 valence electrons. The Kier molecular flexibility index (Phi) is 4.56. The molecule has 0 aliphatic carbocycles. The molecule has 2 aromatic heterocycles. The highest BCUT2D eigenvalue weighted by Crippen LogP contribution is 2.19. The van der Waals surface area contributed by atoms with Gasteiger partial charge < -0.3 is 0 Å². The molecule has 0 atom stereocenters. The van der Waals surface area contributed by atoms with Crippen molar-refractivity contribution in [3.05, 3.63) is 65.5 Å². The lowest BCUT2D eigenvalue weighted by Gasteiger charge is -2.05. The predicted octanol–water partition coefficient (Wildman–Crippen LogP) is 1.93. The van der Waals surface area contributed by atoms with Crippen LogP contribution in [0.4, 0.5) is 4.39 Å². The van der Waals surface area contributed by atoms with E-state index >= 15 is 0 Å². The van der Waals surface area contributed by atoms with Crippen LogP contribution in [0.25, 0.3) is 5.69 Å². The predicted molar refractivity (Wildman–Crippen MR) is 84.6 cm³/mol. The van der Waals surface area contributed by atoms with Gasteiger partial charge in [0.1, 0.15) is 5.82 Å². The number of aromatic nitrogens is 4. The van der Waals surface area contributed by atoms with Crippen LogP contribution in [0, 0.1) is 5.82 Å². The molecule has 0 aliphatic heterocycles. The molecule has 24 heavy (non-hydrogen) atoms. The van der Waals surface area contributed by atoms with Crippen LogP contribution in [0.5, 0.6) is 0 Å². The van der Waals surface area contributed by atoms with Crippen LogP contribution < -0.4 is 4.72 Å². The number of hydrogen-bond acceptors (Lipinski definition) is 5. The molecule has 0 bridgehead atoms. The van der Waals surface area contributed by atoms with E-state index in [0.29, 0.717) is 5.69 Å². The van der Waals surface area contributed by atoms with Gasteiger partial charge in [0.25, 0.3) is 0 Å². The van der Waals surface area contributed by atoms with E-state index in [9.17, 15) is 12.8 Å². The summed E-state index contributed by atoms with van der Waals surface area (Å²) in [5.74, 6) is -0.684. The van der Waals surface area contributed by atoms with Gasteiger partial charge in [-0.25, -0.2) is 22.2 Å². The third-order valence-electron chi connectivity index (χ3n) is 3.11. The second kappa shape index (κ2) is 6.63. The molecule has 0 aliphatic rings. The number of halogens is 2. The molecule has 2 heterocycles. The van der Waals surface area contributed by atoms with Crippen LogP contribution in [0.2, 0.25) is 5.02 Å². The number of nitrogens with one attached hydrogen (secondary N) is 1. The maximum Gasteiger partial charge on any atom is 0.240 e. The highest BCUT2D eigenvalue weighted by molar-refractivity contribution is 7.89. The second-order valence-electron chi connectivity index (χ2n) is 4.76. The van der Waals surface area contributed by atoms with Crippen molar-refractivity contribution in [2.45, 2.75) is 11.4 Å². The lowest BCUT2D eigenvalue weighted by molar-refractivity contribution is 0.579. The minimum absolute atomic E-state index is 0.0671. The van der Waals surface area contributed by atoms with E-state index in [4.69, 9.17) is 11.6 Å². The number of sulfonamides is 1. The molecular weight excluding hydrogens is 357 g/mol. The van der Waals surface area contributed by atoms with E-state index in [-0.39, 0.29) is 16.5 Å². The van der Waals surface area contributed by atoms with Crippen LogP contribution in [-0.4, -0.2) is 28.4 Å². The Bertz CT molecular complexity index is 962. The first-order valence-corrected chi connectivity index (χ1v) is 8.58. The average Bonchev–Trinajstić information content (AvgIpc) is 3.05. The number of hydrogen-bond donors (Lipinski definition) is 1. The van der Waals surface area contributed by atoms with Gasteiger partial charge in [0.05, 0.1) is 34.0 Å². The topological polar surface area (TPSA) is 89.8 Å². The molecule has 0 spiro atoms. The minimum atomic E-state index is -3.84. The van der Waals surface area contributed by atoms with Crippen molar-refractivity contribution in [3.63, 3.8) is 0 Å². The number of benzene rings is 1. The van der Waals surface area contributed by atoms with Gasteiger partial charge in [-0.1, -0.05) is 16.8 Å². The molecule has 3 aromatic rings. The van der Waals surface area contributed by atoms with E-state index in [0.717, 1.165) is 23.9 Å². The van der Waals surface area contributed by atoms with Crippen molar-refractivity contribution in [1.29, 1.82) is 0 Å². The molecule has 1 N–H and O–H groups in total. The molecule has 0 unspecified atom stereocenters. The van der Waals surface area contributed by atoms with E-state index in [1.54, 1.807) is 30.7 Å². The molecule has 0 saturated carbocycles. The van der Waals surface area contributed by atoms with Crippen molar-refractivity contribution in [2.24, 2.45) is 0 Å². The maximum atomic E-state index is 13.1. The third-order valence-corrected chi connectivity index (χ3v) is 4.80. The van der Waals surface area contributed by atoms with Crippen LogP contribution in [0.15, 0.2) is 53.8 Å². The summed E-state index contributed by atoms with van der Waals surface area (Å²) < 4.78 is 41.4. The lowest BCUT2D eigenvalue weighted by atomic mass is 10.3. The smallest absolute Gasteiger partial charge is 0.240 e. The Morgan fingerprint density at radius 2 is 1.96 bits per heavy atom. The minimum Gasteiger partial charge on any atom is -0.265 e. The fraction of sp³-hybridized carbons (Fsp3) is 0.0714. The summed E-state index contributed by atoms with van der Waals surface area (Å²) in [5, 5.41) is 7.56. The van der Waals surface area contributed by atoms with E-state index in [1.165, 1.54) is 4.68 Å². The van der Waals surface area contributed by atoms with Crippen molar-refractivity contribution >= 4 is 21.6 Å². The van der Waals surface area contributed by atoms with Crippen molar-refractivity contribution in [3.8, 4) is 5.69 Å². The first kappa shape index (κ1) is 16.5. The third kappa shape index (κ3) is 3.58. The number of rotatable bonds is 5. The van der Waals surface area contributed by atoms with Crippen LogP contribution in [0.3, 0.4) is 0 Å². The molecule has 3 rings (SSSR count). The maximum absolute atomic E-state index is 13.1. The van der Waals surface area contributed by atoms with Crippen LogP contribution >= 0.6 is 11.6 Å². The standard InChI is InChI=1S/C14H11ClFN5O2S/c15-13-7-12(1-2-14(13)16)24(22,23)18-8-10-9-21(20-19-10)11-3-5-17-6-4-11/h1-7,9,18H,8H2. The van der Waals surface area contributed by atoms with Crippen molar-refractivity contribution in [1.82, 2.24) is 24.7 Å². The van der Waals surface area contributed by atoms with Crippen molar-refractivity contribution < 1.29 is 12.8 Å². The molecular formula is C14H11ClFN5O2S. The zero-order valence-corrected chi connectivity index (χ0v) is 13.7. The monoisotopic (exact) mass is 367 g/mol. The first-order valence-electron chi connectivity index (χ1n) is 6.72. The van der Waals surface area contributed by atoms with E-state index in [1.807, 2.05) is 0 Å². The Labute approximate surface area is 142 Å². The SMILES string of the molecule is O=S(=O)(NCc1cn(-c2ccncc2)nn1)c1ccc(F)c(Cl)c1. The largest absolute Gasteiger partial charge is 0.265 e. The number of pyridine rings is 1. The summed E-state index contributed by atoms with van der Waals surface area (Å²) in [6.45, 7) is -0.0671. The highest BCUT2D eigenvalue weighted by Gasteiger charge is 2.16. The van der Waals surface area contributed by atoms with Gasteiger partial charge in [-0.05, 0) is 30.3 Å². The quantitative estimate of drug-likeness (QED) is 0.744.